The summed E-state index contributed by atoms with van der Waals surface area (Å²) in [6.07, 6.45) is 3.24. The van der Waals surface area contributed by atoms with Gasteiger partial charge in [-0.25, -0.2) is 4.98 Å². The van der Waals surface area contributed by atoms with Gasteiger partial charge in [0.05, 0.1) is 36.2 Å². The number of fused-ring (bicyclic) bond motifs is 4. The van der Waals surface area contributed by atoms with E-state index in [0.29, 0.717) is 18.2 Å². The van der Waals surface area contributed by atoms with Gasteiger partial charge in [-0.3, -0.25) is 4.98 Å². The van der Waals surface area contributed by atoms with Gasteiger partial charge < -0.3 is 14.0 Å². The van der Waals surface area contributed by atoms with Gasteiger partial charge in [-0.05, 0) is 78.0 Å². The van der Waals surface area contributed by atoms with Gasteiger partial charge in [0.25, 0.3) is 0 Å². The number of pyridine rings is 2. The fourth-order valence-electron chi connectivity index (χ4n) is 8.06. The molecule has 7 heteroatoms. The van der Waals surface area contributed by atoms with Crippen LogP contribution in [0.2, 0.25) is 19.6 Å². The molecular weight excluding hydrogens is 917 g/mol. The van der Waals surface area contributed by atoms with Crippen LogP contribution < -0.4 is 5.19 Å². The molecule has 0 spiro atoms. The molecule has 1 radical (unpaired) electrons. The Hall–Kier alpha value is -5.46. The van der Waals surface area contributed by atoms with E-state index in [9.17, 15) is 0 Å². The first-order valence-electron chi connectivity index (χ1n) is 20.2. The number of para-hydroxylation sites is 2. The summed E-state index contributed by atoms with van der Waals surface area (Å²) in [6, 6.07) is 48.5. The van der Waals surface area contributed by atoms with Crippen LogP contribution in [-0.2, 0) is 33.1 Å². The standard InChI is InChI=1S/C34H26N3O.C18H24NSi.Ir/c1-21-10-9-11-22(2)30(21)28-19-18-25-31-23(3)16-17-26(32(31)38-34(25)36-28)33-35-27-14-7-8-15-29(27)37(33)20-24-12-5-4-6-13-24;1-14(2)11-16-12-17(15-9-7-6-8-10-15)19-13-18(16)20(3,4)5;/h4-16,18-19H,20H2,1-3H3;6-9,12-14H,11H2,1-5H3;/q2*-1;. The predicted molar refractivity (Wildman–Crippen MR) is 244 cm³/mol. The van der Waals surface area contributed by atoms with Crippen molar-refractivity contribution in [2.24, 2.45) is 5.92 Å². The number of benzene rings is 5. The van der Waals surface area contributed by atoms with Gasteiger partial charge in [0.15, 0.2) is 0 Å². The Morgan fingerprint density at radius 3 is 2.19 bits per heavy atom. The van der Waals surface area contributed by atoms with Gasteiger partial charge in [-0.15, -0.1) is 53.6 Å². The Morgan fingerprint density at radius 2 is 1.47 bits per heavy atom. The zero-order valence-corrected chi connectivity index (χ0v) is 38.5. The minimum absolute atomic E-state index is 0. The van der Waals surface area contributed by atoms with E-state index < -0.39 is 8.07 Å². The molecule has 299 valence electrons. The predicted octanol–water partition coefficient (Wildman–Crippen LogP) is 12.7. The van der Waals surface area contributed by atoms with Crippen LogP contribution in [-0.4, -0.2) is 27.6 Å². The zero-order chi connectivity index (χ0) is 40.6. The first-order valence-corrected chi connectivity index (χ1v) is 23.7. The molecule has 0 unspecified atom stereocenters. The summed E-state index contributed by atoms with van der Waals surface area (Å²) in [5.74, 6) is 1.51. The van der Waals surface area contributed by atoms with E-state index in [2.05, 4.69) is 167 Å². The van der Waals surface area contributed by atoms with Crippen LogP contribution >= 0.6 is 0 Å². The van der Waals surface area contributed by atoms with Gasteiger partial charge in [0, 0.05) is 43.8 Å². The third kappa shape index (κ3) is 8.65. The maximum Gasteiger partial charge on any atom is 0.216 e. The Balaban J connectivity index is 0.000000214. The molecule has 4 heterocycles. The van der Waals surface area contributed by atoms with E-state index >= 15 is 0 Å². The second kappa shape index (κ2) is 17.4. The summed E-state index contributed by atoms with van der Waals surface area (Å²) in [7, 11) is -1.34. The van der Waals surface area contributed by atoms with Crippen LogP contribution in [0.25, 0.3) is 67.0 Å². The molecule has 9 rings (SSSR count). The largest absolute Gasteiger partial charge is 0.486 e. The van der Waals surface area contributed by atoms with Crippen molar-refractivity contribution in [1.82, 2.24) is 19.5 Å². The van der Waals surface area contributed by atoms with Crippen LogP contribution in [0.4, 0.5) is 0 Å². The van der Waals surface area contributed by atoms with Gasteiger partial charge in [-0.1, -0.05) is 124 Å². The monoisotopic (exact) mass is 967 g/mol. The molecule has 9 aromatic rings. The molecule has 0 bridgehead atoms. The van der Waals surface area contributed by atoms with Crippen LogP contribution in [0.1, 0.15) is 41.7 Å². The number of aryl methyl sites for hydroxylation is 3. The van der Waals surface area contributed by atoms with Gasteiger partial charge in [0.1, 0.15) is 0 Å². The molecule has 0 aliphatic carbocycles. The number of aromatic nitrogens is 4. The van der Waals surface area contributed by atoms with E-state index in [1.54, 1.807) is 0 Å². The smallest absolute Gasteiger partial charge is 0.216 e. The summed E-state index contributed by atoms with van der Waals surface area (Å²) in [6.45, 7) is 18.8. The molecule has 4 aromatic heterocycles. The van der Waals surface area contributed by atoms with Crippen molar-refractivity contribution in [3.63, 3.8) is 0 Å². The van der Waals surface area contributed by atoms with Crippen molar-refractivity contribution in [3.05, 3.63) is 167 Å². The Bertz CT molecular complexity index is 2870. The SMILES string of the molecule is CC(C)Cc1cc(-c2[c-]cccc2)ncc1[Si](C)(C)C.Cc1cccc(C)c1-c1ccc2c(n1)oc1c(-c3nc4ccccc4n3Cc3ccccc3)[c-]cc(C)c12.[Ir]. The first-order chi connectivity index (χ1) is 28.0. The number of furan rings is 1. The molecule has 0 amide bonds. The number of hydrogen-bond acceptors (Lipinski definition) is 4. The fraction of sp³-hybridized carbons (Fsp3) is 0.212. The fourth-order valence-corrected chi connectivity index (χ4v) is 9.65. The Kier molecular flexibility index (Phi) is 12.3. The molecule has 0 fully saturated rings. The molecular formula is C52H50IrN4OSi-2. The molecule has 0 N–H and O–H groups in total. The van der Waals surface area contributed by atoms with Crippen molar-refractivity contribution < 1.29 is 24.5 Å². The topological polar surface area (TPSA) is 56.7 Å². The van der Waals surface area contributed by atoms with Crippen LogP contribution in [0.15, 0.2) is 132 Å². The first kappa shape index (κ1) is 41.7. The molecule has 0 aliphatic rings. The molecule has 0 saturated carbocycles. The maximum absolute atomic E-state index is 6.57. The molecule has 0 saturated heterocycles. The van der Waals surface area contributed by atoms with Crippen LogP contribution in [0.3, 0.4) is 0 Å². The molecule has 5 nitrogen and oxygen atoms in total. The van der Waals surface area contributed by atoms with Gasteiger partial charge in [-0.2, -0.15) is 0 Å². The molecule has 0 atom stereocenters. The van der Waals surface area contributed by atoms with E-state index in [1.807, 2.05) is 36.4 Å². The van der Waals surface area contributed by atoms with Crippen molar-refractivity contribution in [2.75, 3.05) is 0 Å². The second-order valence-corrected chi connectivity index (χ2v) is 21.9. The summed E-state index contributed by atoms with van der Waals surface area (Å²) in [5, 5.41) is 3.56. The number of nitrogens with zero attached hydrogens (tertiary/aromatic N) is 4. The normalized spacial score (nSPS) is 11.5. The summed E-state index contributed by atoms with van der Waals surface area (Å²) in [5.41, 5.74) is 14.7. The van der Waals surface area contributed by atoms with Crippen molar-refractivity contribution in [1.29, 1.82) is 0 Å². The van der Waals surface area contributed by atoms with Crippen molar-refractivity contribution in [3.8, 4) is 33.9 Å². The average Bonchev–Trinajstić information content (AvgIpc) is 3.77. The number of hydrogen-bond donors (Lipinski definition) is 0. The summed E-state index contributed by atoms with van der Waals surface area (Å²) < 4.78 is 8.82. The van der Waals surface area contributed by atoms with Crippen LogP contribution in [0, 0.1) is 38.8 Å². The van der Waals surface area contributed by atoms with Gasteiger partial charge in [0.2, 0.25) is 5.71 Å². The molecule has 0 aliphatic heterocycles. The molecule has 59 heavy (non-hydrogen) atoms. The van der Waals surface area contributed by atoms with E-state index in [0.717, 1.165) is 73.3 Å². The Morgan fingerprint density at radius 1 is 0.746 bits per heavy atom. The average molecular weight is 967 g/mol. The van der Waals surface area contributed by atoms with Crippen LogP contribution in [0.5, 0.6) is 0 Å². The third-order valence-corrected chi connectivity index (χ3v) is 12.9. The van der Waals surface area contributed by atoms with E-state index in [4.69, 9.17) is 14.4 Å². The second-order valence-electron chi connectivity index (χ2n) is 16.8. The van der Waals surface area contributed by atoms with Gasteiger partial charge >= 0.3 is 0 Å². The third-order valence-electron chi connectivity index (χ3n) is 10.8. The molecule has 5 aromatic carbocycles. The Labute approximate surface area is 363 Å². The zero-order valence-electron chi connectivity index (χ0n) is 35.1. The minimum atomic E-state index is -1.34. The summed E-state index contributed by atoms with van der Waals surface area (Å²) in [4.78, 5) is 14.8. The van der Waals surface area contributed by atoms with E-state index in [1.165, 1.54) is 27.4 Å². The summed E-state index contributed by atoms with van der Waals surface area (Å²) >= 11 is 0. The van der Waals surface area contributed by atoms with Crippen molar-refractivity contribution in [2.45, 2.75) is 67.2 Å². The quantitative estimate of drug-likeness (QED) is 0.112. The minimum Gasteiger partial charge on any atom is -0.486 e. The maximum atomic E-state index is 6.57. The van der Waals surface area contributed by atoms with Crippen molar-refractivity contribution >= 4 is 46.4 Å². The van der Waals surface area contributed by atoms with E-state index in [-0.39, 0.29) is 20.1 Å². The number of imidazole rings is 1. The number of rotatable bonds is 8.